The number of rotatable bonds is 2. The predicted octanol–water partition coefficient (Wildman–Crippen LogP) is 2.88. The van der Waals surface area contributed by atoms with E-state index < -0.39 is 14.4 Å². The monoisotopic (exact) mass is 242 g/mol. The summed E-state index contributed by atoms with van der Waals surface area (Å²) in [5, 5.41) is 0.105. The highest BCUT2D eigenvalue weighted by molar-refractivity contribution is 6.74. The van der Waals surface area contributed by atoms with Crippen LogP contribution in [0.15, 0.2) is 12.3 Å². The third kappa shape index (κ3) is 2.74. The second kappa shape index (κ2) is 4.34. The molecule has 16 heavy (non-hydrogen) atoms. The maximum atomic E-state index is 11.7. The summed E-state index contributed by atoms with van der Waals surface area (Å²) in [4.78, 5) is 11.7. The molecule has 0 N–H and O–H groups in total. The van der Waals surface area contributed by atoms with Gasteiger partial charge in [0.05, 0.1) is 6.26 Å². The normalized spacial score (nSPS) is 26.8. The molecule has 0 bridgehead atoms. The number of ether oxygens (including phenoxy) is 1. The lowest BCUT2D eigenvalue weighted by Crippen LogP contribution is -2.50. The Morgan fingerprint density at radius 1 is 1.38 bits per heavy atom. The van der Waals surface area contributed by atoms with E-state index in [2.05, 4.69) is 33.9 Å². The van der Waals surface area contributed by atoms with Gasteiger partial charge in [0, 0.05) is 6.08 Å². The second-order valence-corrected chi connectivity index (χ2v) is 10.6. The van der Waals surface area contributed by atoms with Crippen molar-refractivity contribution in [2.45, 2.75) is 58.0 Å². The van der Waals surface area contributed by atoms with Gasteiger partial charge in [0.15, 0.2) is 14.1 Å². The molecule has 0 aromatic rings. The maximum Gasteiger partial charge on any atom is 0.193 e. The number of hydrogen-bond donors (Lipinski definition) is 0. The largest absolute Gasteiger partial charge is 0.495 e. The molecule has 1 aliphatic heterocycles. The Hall–Kier alpha value is -0.613. The van der Waals surface area contributed by atoms with Crippen molar-refractivity contribution in [2.75, 3.05) is 0 Å². The minimum absolute atomic E-state index is 0.0172. The van der Waals surface area contributed by atoms with Crippen LogP contribution in [0.2, 0.25) is 18.1 Å². The molecule has 0 aromatic heterocycles. The molecule has 2 atom stereocenters. The quantitative estimate of drug-likeness (QED) is 0.698. The van der Waals surface area contributed by atoms with Crippen LogP contribution >= 0.6 is 0 Å². The van der Waals surface area contributed by atoms with Gasteiger partial charge in [-0.3, -0.25) is 4.79 Å². The Labute approximate surface area is 99.0 Å². The molecule has 1 aliphatic rings. The van der Waals surface area contributed by atoms with Gasteiger partial charge in [-0.05, 0) is 25.1 Å². The lowest BCUT2D eigenvalue weighted by atomic mass is 10.1. The number of carbonyl (C=O) groups is 1. The summed E-state index contributed by atoms with van der Waals surface area (Å²) in [7, 11) is -1.91. The molecule has 0 unspecified atom stereocenters. The van der Waals surface area contributed by atoms with Crippen LogP contribution in [0.1, 0.15) is 27.7 Å². The van der Waals surface area contributed by atoms with Crippen molar-refractivity contribution < 1.29 is 14.0 Å². The summed E-state index contributed by atoms with van der Waals surface area (Å²) in [5.74, 6) is 0.0172. The predicted molar refractivity (Wildman–Crippen MR) is 66.8 cm³/mol. The van der Waals surface area contributed by atoms with Gasteiger partial charge in [-0.2, -0.15) is 0 Å². The molecule has 0 aliphatic carbocycles. The van der Waals surface area contributed by atoms with Crippen LogP contribution in [0, 0.1) is 0 Å². The first-order valence-electron chi connectivity index (χ1n) is 5.69. The third-order valence-corrected chi connectivity index (χ3v) is 7.92. The van der Waals surface area contributed by atoms with Crippen LogP contribution in [-0.4, -0.2) is 26.3 Å². The minimum atomic E-state index is -1.91. The topological polar surface area (TPSA) is 35.5 Å². The summed E-state index contributed by atoms with van der Waals surface area (Å²) in [5.41, 5.74) is 0. The number of ketones is 1. The van der Waals surface area contributed by atoms with E-state index in [-0.39, 0.29) is 16.9 Å². The molecule has 0 radical (unpaired) electrons. The highest BCUT2D eigenvalue weighted by Gasteiger charge is 2.42. The van der Waals surface area contributed by atoms with Crippen molar-refractivity contribution in [1.82, 2.24) is 0 Å². The van der Waals surface area contributed by atoms with Crippen LogP contribution in [0.4, 0.5) is 0 Å². The Kier molecular flexibility index (Phi) is 3.64. The van der Waals surface area contributed by atoms with E-state index in [1.165, 1.54) is 12.3 Å². The molecule has 0 aromatic carbocycles. The van der Waals surface area contributed by atoms with E-state index in [1.54, 1.807) is 0 Å². The van der Waals surface area contributed by atoms with E-state index >= 15 is 0 Å². The fraction of sp³-hybridized carbons (Fsp3) is 0.750. The zero-order valence-corrected chi connectivity index (χ0v) is 12.0. The SMILES string of the molecule is C[C@@H]1OC=CC(=O)[C@H]1O[Si](C)(C)C(C)(C)C. The molecule has 4 heteroatoms. The fourth-order valence-electron chi connectivity index (χ4n) is 1.28. The van der Waals surface area contributed by atoms with Crippen molar-refractivity contribution in [2.24, 2.45) is 0 Å². The third-order valence-electron chi connectivity index (χ3n) is 3.46. The average molecular weight is 242 g/mol. The van der Waals surface area contributed by atoms with Gasteiger partial charge in [-0.25, -0.2) is 0 Å². The highest BCUT2D eigenvalue weighted by Crippen LogP contribution is 2.38. The van der Waals surface area contributed by atoms with Crippen LogP contribution in [0.25, 0.3) is 0 Å². The van der Waals surface area contributed by atoms with E-state index in [4.69, 9.17) is 9.16 Å². The molecule has 1 heterocycles. The Morgan fingerprint density at radius 2 is 1.94 bits per heavy atom. The van der Waals surface area contributed by atoms with Crippen molar-refractivity contribution in [3.05, 3.63) is 12.3 Å². The summed E-state index contributed by atoms with van der Waals surface area (Å²) in [6.07, 6.45) is 2.29. The lowest BCUT2D eigenvalue weighted by Gasteiger charge is -2.40. The van der Waals surface area contributed by atoms with Gasteiger partial charge < -0.3 is 9.16 Å². The van der Waals surface area contributed by atoms with E-state index in [0.717, 1.165) is 0 Å². The standard InChI is InChI=1S/C12H22O3Si/c1-9-11(10(13)7-8-14-9)15-16(5,6)12(2,3)4/h7-9,11H,1-6H3/t9-,11-/m0/s1. The molecule has 0 amide bonds. The van der Waals surface area contributed by atoms with Gasteiger partial charge in [0.2, 0.25) is 0 Å². The zero-order chi connectivity index (χ0) is 12.6. The lowest BCUT2D eigenvalue weighted by molar-refractivity contribution is -0.128. The van der Waals surface area contributed by atoms with Gasteiger partial charge in [0.1, 0.15) is 12.2 Å². The average Bonchev–Trinajstić information content (AvgIpc) is 2.10. The van der Waals surface area contributed by atoms with E-state index in [1.807, 2.05) is 6.92 Å². The molecule has 3 nitrogen and oxygen atoms in total. The van der Waals surface area contributed by atoms with Gasteiger partial charge >= 0.3 is 0 Å². The molecule has 0 spiro atoms. The Bertz CT molecular complexity index is 302. The fourth-order valence-corrected chi connectivity index (χ4v) is 2.57. The van der Waals surface area contributed by atoms with Gasteiger partial charge in [-0.15, -0.1) is 0 Å². The highest BCUT2D eigenvalue weighted by atomic mass is 28.4. The van der Waals surface area contributed by atoms with Crippen LogP contribution in [-0.2, 0) is 14.0 Å². The van der Waals surface area contributed by atoms with Crippen LogP contribution in [0.5, 0.6) is 0 Å². The van der Waals surface area contributed by atoms with Crippen molar-refractivity contribution in [1.29, 1.82) is 0 Å². The first-order chi connectivity index (χ1) is 7.15. The van der Waals surface area contributed by atoms with Crippen LogP contribution < -0.4 is 0 Å². The first-order valence-corrected chi connectivity index (χ1v) is 8.59. The number of carbonyl (C=O) groups excluding carboxylic acids is 1. The summed E-state index contributed by atoms with van der Waals surface area (Å²) in [6.45, 7) is 12.6. The summed E-state index contributed by atoms with van der Waals surface area (Å²) in [6, 6.07) is 0. The second-order valence-electron chi connectivity index (χ2n) is 5.85. The van der Waals surface area contributed by atoms with Gasteiger partial charge in [0.25, 0.3) is 0 Å². The molecule has 92 valence electrons. The van der Waals surface area contributed by atoms with Crippen LogP contribution in [0.3, 0.4) is 0 Å². The Morgan fingerprint density at radius 3 is 2.38 bits per heavy atom. The molecule has 0 saturated carbocycles. The smallest absolute Gasteiger partial charge is 0.193 e. The van der Waals surface area contributed by atoms with Crippen molar-refractivity contribution in [3.63, 3.8) is 0 Å². The zero-order valence-electron chi connectivity index (χ0n) is 11.0. The van der Waals surface area contributed by atoms with Gasteiger partial charge in [-0.1, -0.05) is 20.8 Å². The Balaban J connectivity index is 2.80. The molecular formula is C12H22O3Si. The molecule has 0 saturated heterocycles. The summed E-state index contributed by atoms with van der Waals surface area (Å²) < 4.78 is 11.4. The molecule has 1 rings (SSSR count). The number of hydrogen-bond acceptors (Lipinski definition) is 3. The first kappa shape index (κ1) is 13.5. The summed E-state index contributed by atoms with van der Waals surface area (Å²) >= 11 is 0. The minimum Gasteiger partial charge on any atom is -0.495 e. The molecular weight excluding hydrogens is 220 g/mol. The van der Waals surface area contributed by atoms with E-state index in [0.29, 0.717) is 0 Å². The molecule has 0 fully saturated rings. The van der Waals surface area contributed by atoms with Crippen molar-refractivity contribution in [3.8, 4) is 0 Å². The maximum absolute atomic E-state index is 11.7. The van der Waals surface area contributed by atoms with Crippen molar-refractivity contribution >= 4 is 14.1 Å². The van der Waals surface area contributed by atoms with E-state index in [9.17, 15) is 4.79 Å².